The number of unbranched alkanes of at least 4 members (excludes halogenated alkanes) is 21. The highest BCUT2D eigenvalue weighted by molar-refractivity contribution is 7.47. The third-order valence-corrected chi connectivity index (χ3v) is 9.65. The molecule has 0 aromatic heterocycles. The van der Waals surface area contributed by atoms with Crippen LogP contribution in [0.5, 0.6) is 0 Å². The number of phosphoric ester groups is 1. The van der Waals surface area contributed by atoms with Crippen LogP contribution in [0.3, 0.4) is 0 Å². The van der Waals surface area contributed by atoms with E-state index in [-0.39, 0.29) is 13.0 Å². The largest absolute Gasteiger partial charge is 0.480 e. The molecule has 0 saturated heterocycles. The maximum absolute atomic E-state index is 12.6. The van der Waals surface area contributed by atoms with Gasteiger partial charge in [0.05, 0.1) is 19.8 Å². The number of hydrogen-bond donors (Lipinski definition) is 3. The zero-order chi connectivity index (χ0) is 37.7. The van der Waals surface area contributed by atoms with E-state index in [0.29, 0.717) is 13.0 Å². The molecule has 11 heteroatoms. The molecule has 3 unspecified atom stereocenters. The fraction of sp³-hybridized carbons (Fsp3) is 0.850. The van der Waals surface area contributed by atoms with E-state index >= 15 is 0 Å². The summed E-state index contributed by atoms with van der Waals surface area (Å²) in [5.74, 6) is -1.79. The topological polar surface area (TPSA) is 155 Å². The van der Waals surface area contributed by atoms with Crippen molar-refractivity contribution in [3.63, 3.8) is 0 Å². The van der Waals surface area contributed by atoms with Crippen LogP contribution < -0.4 is 5.73 Å². The second kappa shape index (κ2) is 36.8. The number of carbonyl (C=O) groups is 2. The molecule has 0 spiro atoms. The number of carbonyl (C=O) groups excluding carboxylic acids is 1. The quantitative estimate of drug-likeness (QED) is 0.0240. The van der Waals surface area contributed by atoms with Crippen LogP contribution in [0.1, 0.15) is 181 Å². The molecular weight excluding hydrogens is 669 g/mol. The predicted octanol–water partition coefficient (Wildman–Crippen LogP) is 10.8. The van der Waals surface area contributed by atoms with Gasteiger partial charge in [-0.1, -0.05) is 134 Å². The van der Waals surface area contributed by atoms with Gasteiger partial charge in [-0.3, -0.25) is 18.6 Å². The molecule has 0 aromatic rings. The lowest BCUT2D eigenvalue weighted by Gasteiger charge is -2.20. The molecule has 0 aliphatic carbocycles. The molecule has 0 rings (SSSR count). The molecule has 0 amide bonds. The number of nitrogens with two attached hydrogens (primary N) is 1. The van der Waals surface area contributed by atoms with Crippen molar-refractivity contribution in [2.45, 2.75) is 193 Å². The van der Waals surface area contributed by atoms with E-state index in [0.717, 1.165) is 57.8 Å². The average Bonchev–Trinajstić information content (AvgIpc) is 3.10. The van der Waals surface area contributed by atoms with E-state index in [2.05, 4.69) is 38.2 Å². The molecule has 0 aliphatic heterocycles. The summed E-state index contributed by atoms with van der Waals surface area (Å²) in [6, 6.07) is -1.47. The summed E-state index contributed by atoms with van der Waals surface area (Å²) in [6.07, 6.45) is 38.0. The smallest absolute Gasteiger partial charge is 0.472 e. The molecule has 0 saturated carbocycles. The van der Waals surface area contributed by atoms with Crippen LogP contribution in [0.15, 0.2) is 24.3 Å². The van der Waals surface area contributed by atoms with E-state index in [1.54, 1.807) is 0 Å². The van der Waals surface area contributed by atoms with Gasteiger partial charge < -0.3 is 25.2 Å². The van der Waals surface area contributed by atoms with Gasteiger partial charge in [0, 0.05) is 13.0 Å². The number of rotatable bonds is 39. The van der Waals surface area contributed by atoms with Crippen molar-refractivity contribution in [1.29, 1.82) is 0 Å². The Labute approximate surface area is 311 Å². The Hall–Kier alpha value is -1.55. The second-order valence-corrected chi connectivity index (χ2v) is 15.2. The minimum Gasteiger partial charge on any atom is -0.480 e. The van der Waals surface area contributed by atoms with Gasteiger partial charge in [-0.25, -0.2) is 4.57 Å². The molecule has 4 N–H and O–H groups in total. The standard InChI is InChI=1S/C40H76NO9P/c1-3-5-7-9-11-13-15-17-18-19-20-22-24-26-28-30-32-39(42)50-37(35-48-51(45,46)49-36-38(41)40(43)44)34-47-33-31-29-27-25-23-21-16-14-12-10-8-6-4-2/h12,14,18-19,37-38H,3-11,13,15-17,20-36,41H2,1-2H3,(H,43,44)(H,45,46)/b14-12-,19-18-. The third-order valence-electron chi connectivity index (χ3n) is 8.70. The SMILES string of the molecule is CCCCC/C=C\CCCCCCCCOCC(COP(=O)(O)OCC(N)C(=O)O)OC(=O)CCCCCCC/C=C\CCCCCCCCC. The first-order valence-electron chi connectivity index (χ1n) is 20.4. The normalized spacial score (nSPS) is 14.3. The summed E-state index contributed by atoms with van der Waals surface area (Å²) in [5.41, 5.74) is 5.34. The fourth-order valence-electron chi connectivity index (χ4n) is 5.47. The fourth-order valence-corrected chi connectivity index (χ4v) is 6.25. The first kappa shape index (κ1) is 49.5. The minimum atomic E-state index is -4.61. The van der Waals surface area contributed by atoms with Crippen molar-refractivity contribution in [3.8, 4) is 0 Å². The summed E-state index contributed by atoms with van der Waals surface area (Å²) in [4.78, 5) is 33.4. The lowest BCUT2D eigenvalue weighted by Crippen LogP contribution is -2.34. The van der Waals surface area contributed by atoms with Gasteiger partial charge in [-0.2, -0.15) is 0 Å². The van der Waals surface area contributed by atoms with Crippen LogP contribution in [-0.2, 0) is 32.7 Å². The maximum atomic E-state index is 12.6. The summed E-state index contributed by atoms with van der Waals surface area (Å²) in [7, 11) is -4.61. The Kier molecular flexibility index (Phi) is 35.7. The van der Waals surface area contributed by atoms with Crippen LogP contribution in [0.4, 0.5) is 0 Å². The minimum absolute atomic E-state index is 0.0114. The van der Waals surface area contributed by atoms with Crippen LogP contribution >= 0.6 is 7.82 Å². The molecular formula is C40H76NO9P. The van der Waals surface area contributed by atoms with Gasteiger partial charge in [-0.05, 0) is 64.2 Å². The Bertz CT molecular complexity index is 914. The molecule has 0 radical (unpaired) electrons. The van der Waals surface area contributed by atoms with Crippen molar-refractivity contribution in [2.75, 3.05) is 26.4 Å². The highest BCUT2D eigenvalue weighted by Gasteiger charge is 2.27. The molecule has 0 heterocycles. The monoisotopic (exact) mass is 746 g/mol. The van der Waals surface area contributed by atoms with Crippen LogP contribution in [-0.4, -0.2) is 60.5 Å². The summed E-state index contributed by atoms with van der Waals surface area (Å²) >= 11 is 0. The summed E-state index contributed by atoms with van der Waals surface area (Å²) in [5, 5.41) is 8.87. The van der Waals surface area contributed by atoms with E-state index < -0.39 is 45.1 Å². The zero-order valence-corrected chi connectivity index (χ0v) is 33.3. The van der Waals surface area contributed by atoms with Gasteiger partial charge in [0.25, 0.3) is 0 Å². The van der Waals surface area contributed by atoms with E-state index in [1.807, 2.05) is 0 Å². The first-order valence-corrected chi connectivity index (χ1v) is 21.9. The molecule has 51 heavy (non-hydrogen) atoms. The highest BCUT2D eigenvalue weighted by Crippen LogP contribution is 2.43. The second-order valence-electron chi connectivity index (χ2n) is 13.8. The van der Waals surface area contributed by atoms with Crippen molar-refractivity contribution in [2.24, 2.45) is 5.73 Å². The van der Waals surface area contributed by atoms with Gasteiger partial charge >= 0.3 is 19.8 Å². The zero-order valence-electron chi connectivity index (χ0n) is 32.5. The van der Waals surface area contributed by atoms with Crippen LogP contribution in [0.2, 0.25) is 0 Å². The van der Waals surface area contributed by atoms with Gasteiger partial charge in [0.2, 0.25) is 0 Å². The van der Waals surface area contributed by atoms with Crippen molar-refractivity contribution in [1.82, 2.24) is 0 Å². The molecule has 0 fully saturated rings. The number of phosphoric acid groups is 1. The number of aliphatic carboxylic acids is 1. The van der Waals surface area contributed by atoms with Crippen molar-refractivity contribution in [3.05, 3.63) is 24.3 Å². The van der Waals surface area contributed by atoms with Crippen molar-refractivity contribution < 1.29 is 42.7 Å². The molecule has 300 valence electrons. The van der Waals surface area contributed by atoms with Crippen molar-refractivity contribution >= 4 is 19.8 Å². The number of allylic oxidation sites excluding steroid dienone is 4. The predicted molar refractivity (Wildman–Crippen MR) is 208 cm³/mol. The van der Waals surface area contributed by atoms with Gasteiger partial charge in [0.1, 0.15) is 12.1 Å². The third kappa shape index (κ3) is 36.6. The van der Waals surface area contributed by atoms with E-state index in [9.17, 15) is 19.0 Å². The summed E-state index contributed by atoms with van der Waals surface area (Å²) < 4.78 is 33.2. The Morgan fingerprint density at radius 3 is 1.53 bits per heavy atom. The maximum Gasteiger partial charge on any atom is 0.472 e. The number of carboxylic acids is 1. The van der Waals surface area contributed by atoms with E-state index in [4.69, 9.17) is 29.4 Å². The molecule has 10 nitrogen and oxygen atoms in total. The van der Waals surface area contributed by atoms with Gasteiger partial charge in [0.15, 0.2) is 0 Å². The Balaban J connectivity index is 4.29. The molecule has 0 aromatic carbocycles. The number of carboxylic acid groups (broad SMARTS) is 1. The van der Waals surface area contributed by atoms with E-state index in [1.165, 1.54) is 96.3 Å². The Morgan fingerprint density at radius 1 is 0.608 bits per heavy atom. The molecule has 0 bridgehead atoms. The number of ether oxygens (including phenoxy) is 2. The van der Waals surface area contributed by atoms with Gasteiger partial charge in [-0.15, -0.1) is 0 Å². The molecule has 0 aliphatic rings. The first-order chi connectivity index (χ1) is 24.7. The van der Waals surface area contributed by atoms with Crippen LogP contribution in [0.25, 0.3) is 0 Å². The van der Waals surface area contributed by atoms with Crippen LogP contribution in [0, 0.1) is 0 Å². The molecule has 3 atom stereocenters. The highest BCUT2D eigenvalue weighted by atomic mass is 31.2. The summed E-state index contributed by atoms with van der Waals surface area (Å²) in [6.45, 7) is 3.83. The Morgan fingerprint density at radius 2 is 1.02 bits per heavy atom. The number of hydrogen-bond acceptors (Lipinski definition) is 8. The number of esters is 1. The lowest BCUT2D eigenvalue weighted by atomic mass is 10.1. The average molecular weight is 746 g/mol. The lowest BCUT2D eigenvalue weighted by molar-refractivity contribution is -0.154.